The Labute approximate surface area is 282 Å². The van der Waals surface area contributed by atoms with Gasteiger partial charge in [0.15, 0.2) is 29.1 Å². The highest BCUT2D eigenvalue weighted by Gasteiger charge is 2.47. The molecule has 0 saturated carbocycles. The van der Waals surface area contributed by atoms with Crippen molar-refractivity contribution >= 4 is 0 Å². The molecule has 0 spiro atoms. The topological polar surface area (TPSA) is 261 Å². The number of aliphatic hydroxyl groups excluding tert-OH is 1. The number of fused-ring (bicyclic) bond motifs is 2. The van der Waals surface area contributed by atoms with Crippen LogP contribution in [0.4, 0.5) is 0 Å². The molecule has 5 aromatic rings. The van der Waals surface area contributed by atoms with Crippen molar-refractivity contribution in [3.8, 4) is 74.7 Å². The van der Waals surface area contributed by atoms with Crippen LogP contribution in [-0.2, 0) is 6.42 Å². The minimum absolute atomic E-state index is 0.0707. The SMILES string of the molecule is Oc1cc(O)c([C@H](c2ccc(O)c(O)c2)[C@H]2Cc3c(O)cc(O)c([C@H]4c5c(O)cc(O)cc5O[C@H](c5ccc(O)c(O)c5)[C@@H]4O)c3O2)c(O)c1. The standard InChI is InChI=1S/C36H30O14/c37-15-7-23(44)30(24(45)8-15)29(13-1-3-18(39)21(42)5-13)28-11-17-20(41)12-26(47)32(36(17)50-28)33-31-25(46)9-16(38)10-27(31)49-35(34(33)48)14-2-4-19(40)22(43)6-14/h1-10,12,28-29,33-35,37-48H,11H2/t28-,29-,33-,34-,35-/m1/s1. The normalized spacial score (nSPS) is 19.9. The summed E-state index contributed by atoms with van der Waals surface area (Å²) in [4.78, 5) is 0. The first kappa shape index (κ1) is 32.0. The first-order valence-electron chi connectivity index (χ1n) is 15.2. The lowest BCUT2D eigenvalue weighted by atomic mass is 9.78. The van der Waals surface area contributed by atoms with Crippen molar-refractivity contribution < 1.29 is 70.8 Å². The summed E-state index contributed by atoms with van der Waals surface area (Å²) in [6.07, 6.45) is -4.25. The zero-order valence-electron chi connectivity index (χ0n) is 25.6. The second-order valence-electron chi connectivity index (χ2n) is 12.3. The molecular formula is C36H30O14. The molecule has 258 valence electrons. The summed E-state index contributed by atoms with van der Waals surface area (Å²) in [5, 5.41) is 128. The summed E-state index contributed by atoms with van der Waals surface area (Å²) in [5.74, 6) is -8.23. The van der Waals surface area contributed by atoms with E-state index in [0.717, 1.165) is 30.3 Å². The predicted molar refractivity (Wildman–Crippen MR) is 172 cm³/mol. The van der Waals surface area contributed by atoms with Gasteiger partial charge in [-0.25, -0.2) is 0 Å². The Balaban J connectivity index is 1.41. The van der Waals surface area contributed by atoms with E-state index in [-0.39, 0.29) is 51.3 Å². The Bertz CT molecular complexity index is 2160. The lowest BCUT2D eigenvalue weighted by Crippen LogP contribution is -2.35. The Morgan fingerprint density at radius 1 is 0.540 bits per heavy atom. The maximum Gasteiger partial charge on any atom is 0.157 e. The molecule has 0 fully saturated rings. The quantitative estimate of drug-likeness (QED) is 0.116. The molecular weight excluding hydrogens is 656 g/mol. The van der Waals surface area contributed by atoms with E-state index in [4.69, 9.17) is 9.47 Å². The van der Waals surface area contributed by atoms with Gasteiger partial charge in [-0.05, 0) is 35.4 Å². The third-order valence-electron chi connectivity index (χ3n) is 9.17. The summed E-state index contributed by atoms with van der Waals surface area (Å²) in [6.45, 7) is 0. The molecule has 5 aromatic carbocycles. The van der Waals surface area contributed by atoms with Crippen LogP contribution in [0.25, 0.3) is 0 Å². The first-order valence-corrected chi connectivity index (χ1v) is 15.2. The van der Waals surface area contributed by atoms with E-state index in [1.54, 1.807) is 0 Å². The van der Waals surface area contributed by atoms with E-state index in [1.807, 2.05) is 0 Å². The molecule has 2 aliphatic rings. The van der Waals surface area contributed by atoms with E-state index in [9.17, 15) is 61.3 Å². The fourth-order valence-corrected chi connectivity index (χ4v) is 6.99. The minimum atomic E-state index is -1.65. The van der Waals surface area contributed by atoms with Gasteiger partial charge in [-0.1, -0.05) is 12.1 Å². The van der Waals surface area contributed by atoms with E-state index in [2.05, 4.69) is 0 Å². The fraction of sp³-hybridized carbons (Fsp3) is 0.167. The monoisotopic (exact) mass is 686 g/mol. The molecule has 14 heteroatoms. The molecule has 0 unspecified atom stereocenters. The smallest absolute Gasteiger partial charge is 0.157 e. The van der Waals surface area contributed by atoms with Crippen LogP contribution in [0, 0.1) is 0 Å². The molecule has 7 rings (SSSR count). The highest BCUT2D eigenvalue weighted by Crippen LogP contribution is 2.58. The zero-order valence-corrected chi connectivity index (χ0v) is 25.6. The van der Waals surface area contributed by atoms with Gasteiger partial charge in [0.2, 0.25) is 0 Å². The molecule has 0 radical (unpaired) electrons. The Morgan fingerprint density at radius 3 is 1.80 bits per heavy atom. The molecule has 2 heterocycles. The second-order valence-corrected chi connectivity index (χ2v) is 12.3. The van der Waals surface area contributed by atoms with Crippen LogP contribution in [-0.4, -0.2) is 73.5 Å². The van der Waals surface area contributed by atoms with Gasteiger partial charge in [-0.3, -0.25) is 0 Å². The van der Waals surface area contributed by atoms with Gasteiger partial charge in [-0.2, -0.15) is 0 Å². The van der Waals surface area contributed by atoms with Crippen molar-refractivity contribution in [3.63, 3.8) is 0 Å². The third kappa shape index (κ3) is 5.09. The van der Waals surface area contributed by atoms with Crippen LogP contribution >= 0.6 is 0 Å². The molecule has 2 aliphatic heterocycles. The number of phenols is 11. The number of hydrogen-bond donors (Lipinski definition) is 12. The van der Waals surface area contributed by atoms with E-state index in [0.29, 0.717) is 0 Å². The third-order valence-corrected chi connectivity index (χ3v) is 9.17. The highest BCUT2D eigenvalue weighted by atomic mass is 16.5. The van der Waals surface area contributed by atoms with Crippen LogP contribution in [0.15, 0.2) is 66.7 Å². The van der Waals surface area contributed by atoms with Gasteiger partial charge >= 0.3 is 0 Å². The molecule has 0 amide bonds. The average Bonchev–Trinajstić information content (AvgIpc) is 3.47. The van der Waals surface area contributed by atoms with Crippen LogP contribution < -0.4 is 9.47 Å². The summed E-state index contributed by atoms with van der Waals surface area (Å²) in [6, 6.07) is 12.6. The first-order chi connectivity index (χ1) is 23.7. The maximum atomic E-state index is 11.9. The number of rotatable bonds is 5. The molecule has 0 bridgehead atoms. The van der Waals surface area contributed by atoms with Crippen LogP contribution in [0.2, 0.25) is 0 Å². The molecule has 12 N–H and O–H groups in total. The predicted octanol–water partition coefficient (Wildman–Crippen LogP) is 4.21. The lowest BCUT2D eigenvalue weighted by molar-refractivity contribution is 0.00622. The fourth-order valence-electron chi connectivity index (χ4n) is 6.99. The molecule has 0 saturated heterocycles. The number of benzene rings is 5. The van der Waals surface area contributed by atoms with Gasteiger partial charge in [-0.15, -0.1) is 0 Å². The van der Waals surface area contributed by atoms with Crippen molar-refractivity contribution in [2.75, 3.05) is 0 Å². The van der Waals surface area contributed by atoms with Crippen LogP contribution in [0.5, 0.6) is 74.7 Å². The van der Waals surface area contributed by atoms with Gasteiger partial charge in [0.1, 0.15) is 64.0 Å². The number of aromatic hydroxyl groups is 11. The van der Waals surface area contributed by atoms with Gasteiger partial charge in [0.25, 0.3) is 0 Å². The number of aliphatic hydroxyl groups is 1. The van der Waals surface area contributed by atoms with E-state index >= 15 is 0 Å². The number of hydrogen-bond acceptors (Lipinski definition) is 14. The second kappa shape index (κ2) is 11.6. The van der Waals surface area contributed by atoms with Crippen molar-refractivity contribution in [1.82, 2.24) is 0 Å². The van der Waals surface area contributed by atoms with Crippen molar-refractivity contribution in [2.24, 2.45) is 0 Å². The molecule has 0 aromatic heterocycles. The molecule has 50 heavy (non-hydrogen) atoms. The Hall–Kier alpha value is -6.54. The minimum Gasteiger partial charge on any atom is -0.508 e. The van der Waals surface area contributed by atoms with Crippen LogP contribution in [0.3, 0.4) is 0 Å². The van der Waals surface area contributed by atoms with Crippen molar-refractivity contribution in [3.05, 3.63) is 100 Å². The van der Waals surface area contributed by atoms with Gasteiger partial charge in [0, 0.05) is 59.0 Å². The Kier molecular flexibility index (Phi) is 7.40. The molecule has 5 atom stereocenters. The molecule has 0 aliphatic carbocycles. The zero-order chi connectivity index (χ0) is 35.8. The summed E-state index contributed by atoms with van der Waals surface area (Å²) < 4.78 is 12.4. The maximum absolute atomic E-state index is 11.9. The highest BCUT2D eigenvalue weighted by molar-refractivity contribution is 5.67. The van der Waals surface area contributed by atoms with Crippen molar-refractivity contribution in [1.29, 1.82) is 0 Å². The molecule has 14 nitrogen and oxygen atoms in total. The van der Waals surface area contributed by atoms with Gasteiger partial charge in [0.05, 0.1) is 11.8 Å². The summed E-state index contributed by atoms with van der Waals surface area (Å²) >= 11 is 0. The number of phenolic OH excluding ortho intramolecular Hbond substituents is 11. The number of ether oxygens (including phenoxy) is 2. The Morgan fingerprint density at radius 2 is 1.14 bits per heavy atom. The van der Waals surface area contributed by atoms with Crippen LogP contribution in [0.1, 0.15) is 51.3 Å². The largest absolute Gasteiger partial charge is 0.508 e. The van der Waals surface area contributed by atoms with Gasteiger partial charge < -0.3 is 70.8 Å². The lowest BCUT2D eigenvalue weighted by Gasteiger charge is -2.38. The average molecular weight is 687 g/mol. The summed E-state index contributed by atoms with van der Waals surface area (Å²) in [7, 11) is 0. The van der Waals surface area contributed by atoms with Crippen molar-refractivity contribution in [2.45, 2.75) is 36.6 Å². The van der Waals surface area contributed by atoms with E-state index in [1.165, 1.54) is 36.4 Å². The van der Waals surface area contributed by atoms with E-state index < -0.39 is 93.4 Å². The summed E-state index contributed by atoms with van der Waals surface area (Å²) in [5.41, 5.74) is 0.164.